The number of hydrogen-bond acceptors (Lipinski definition) is 2. The third-order valence-corrected chi connectivity index (χ3v) is 2.30. The van der Waals surface area contributed by atoms with Gasteiger partial charge in [0, 0.05) is 18.2 Å². The molecule has 17 heavy (non-hydrogen) atoms. The summed E-state index contributed by atoms with van der Waals surface area (Å²) in [6, 6.07) is 8.25. The Labute approximate surface area is 97.6 Å². The van der Waals surface area contributed by atoms with Crippen molar-refractivity contribution in [2.24, 2.45) is 0 Å². The topological polar surface area (TPSA) is 35.2 Å². The zero-order chi connectivity index (χ0) is 12.4. The monoisotopic (exact) mass is 235 g/mol. The Morgan fingerprint density at radius 1 is 1.06 bits per heavy atom. The molecule has 0 amide bonds. The molecule has 0 fully saturated rings. The van der Waals surface area contributed by atoms with Crippen molar-refractivity contribution in [3.63, 3.8) is 0 Å². The first-order valence-corrected chi connectivity index (χ1v) is 5.05. The van der Waals surface area contributed by atoms with Crippen LogP contribution in [0.4, 0.5) is 14.5 Å². The van der Waals surface area contributed by atoms with Crippen LogP contribution in [0, 0.1) is 18.6 Å². The van der Waals surface area contributed by atoms with Gasteiger partial charge in [0.2, 0.25) is 0 Å². The Bertz CT molecular complexity index is 515. The highest BCUT2D eigenvalue weighted by atomic mass is 19.1. The highest BCUT2D eigenvalue weighted by Gasteiger charge is 2.07. The van der Waals surface area contributed by atoms with Gasteiger partial charge in [0.25, 0.3) is 0 Å². The van der Waals surface area contributed by atoms with Gasteiger partial charge in [-0.3, -0.25) is 0 Å². The standard InChI is InChI=1S/C13H11F2NO/c1-8-3-2-4-12(16)13(8)17-11-6-9(14)5-10(15)7-11/h2-7H,16H2,1H3. The summed E-state index contributed by atoms with van der Waals surface area (Å²) in [6.07, 6.45) is 0. The maximum atomic E-state index is 13.0. The lowest BCUT2D eigenvalue weighted by atomic mass is 10.2. The van der Waals surface area contributed by atoms with Gasteiger partial charge in [0.15, 0.2) is 5.75 Å². The second kappa shape index (κ2) is 4.41. The predicted octanol–water partition coefficient (Wildman–Crippen LogP) is 3.65. The van der Waals surface area contributed by atoms with Crippen LogP contribution in [0.25, 0.3) is 0 Å². The molecule has 2 nitrogen and oxygen atoms in total. The molecule has 0 radical (unpaired) electrons. The molecule has 2 aromatic carbocycles. The Morgan fingerprint density at radius 3 is 2.29 bits per heavy atom. The number of benzene rings is 2. The fourth-order valence-electron chi connectivity index (χ4n) is 1.52. The SMILES string of the molecule is Cc1cccc(N)c1Oc1cc(F)cc(F)c1. The fourth-order valence-corrected chi connectivity index (χ4v) is 1.52. The van der Waals surface area contributed by atoms with Gasteiger partial charge in [0.05, 0.1) is 5.69 Å². The summed E-state index contributed by atoms with van der Waals surface area (Å²) < 4.78 is 31.4. The molecular formula is C13H11F2NO. The van der Waals surface area contributed by atoms with E-state index in [1.54, 1.807) is 25.1 Å². The second-order valence-electron chi connectivity index (χ2n) is 3.70. The van der Waals surface area contributed by atoms with Crippen LogP contribution in [-0.4, -0.2) is 0 Å². The van der Waals surface area contributed by atoms with E-state index in [9.17, 15) is 8.78 Å². The number of aryl methyl sites for hydroxylation is 1. The molecule has 0 aliphatic heterocycles. The van der Waals surface area contributed by atoms with Crippen molar-refractivity contribution >= 4 is 5.69 Å². The highest BCUT2D eigenvalue weighted by Crippen LogP contribution is 2.31. The van der Waals surface area contributed by atoms with Gasteiger partial charge < -0.3 is 10.5 Å². The first-order valence-electron chi connectivity index (χ1n) is 5.05. The first kappa shape index (κ1) is 11.4. The number of halogens is 2. The molecule has 0 unspecified atom stereocenters. The molecule has 0 atom stereocenters. The molecule has 0 spiro atoms. The highest BCUT2D eigenvalue weighted by molar-refractivity contribution is 5.57. The van der Waals surface area contributed by atoms with Crippen LogP contribution in [0.3, 0.4) is 0 Å². The predicted molar refractivity (Wildman–Crippen MR) is 62.0 cm³/mol. The van der Waals surface area contributed by atoms with Crippen molar-refractivity contribution in [1.82, 2.24) is 0 Å². The van der Waals surface area contributed by atoms with E-state index in [0.29, 0.717) is 11.4 Å². The van der Waals surface area contributed by atoms with E-state index < -0.39 is 11.6 Å². The summed E-state index contributed by atoms with van der Waals surface area (Å²) in [5, 5.41) is 0. The molecular weight excluding hydrogens is 224 g/mol. The number of ether oxygens (including phenoxy) is 1. The molecule has 2 rings (SSSR count). The van der Waals surface area contributed by atoms with Crippen LogP contribution in [0.15, 0.2) is 36.4 Å². The molecule has 0 aromatic heterocycles. The van der Waals surface area contributed by atoms with Crippen LogP contribution in [0.2, 0.25) is 0 Å². The van der Waals surface area contributed by atoms with Crippen molar-refractivity contribution in [2.45, 2.75) is 6.92 Å². The summed E-state index contributed by atoms with van der Waals surface area (Å²) in [4.78, 5) is 0. The first-order chi connectivity index (χ1) is 8.06. The molecule has 0 bridgehead atoms. The zero-order valence-corrected chi connectivity index (χ0v) is 9.21. The summed E-state index contributed by atoms with van der Waals surface area (Å²) in [6.45, 7) is 1.81. The molecule has 2 aromatic rings. The van der Waals surface area contributed by atoms with Gasteiger partial charge in [0.1, 0.15) is 17.4 Å². The van der Waals surface area contributed by atoms with Crippen molar-refractivity contribution in [2.75, 3.05) is 5.73 Å². The molecule has 0 heterocycles. The lowest BCUT2D eigenvalue weighted by Crippen LogP contribution is -1.95. The zero-order valence-electron chi connectivity index (χ0n) is 9.21. The average molecular weight is 235 g/mol. The largest absolute Gasteiger partial charge is 0.455 e. The Morgan fingerprint density at radius 2 is 1.71 bits per heavy atom. The Hall–Kier alpha value is -2.10. The van der Waals surface area contributed by atoms with Gasteiger partial charge in [-0.25, -0.2) is 8.78 Å². The third-order valence-electron chi connectivity index (χ3n) is 2.30. The van der Waals surface area contributed by atoms with Crippen molar-refractivity contribution in [3.05, 3.63) is 53.6 Å². The van der Waals surface area contributed by atoms with Gasteiger partial charge >= 0.3 is 0 Å². The smallest absolute Gasteiger partial charge is 0.153 e. The van der Waals surface area contributed by atoms with Crippen LogP contribution in [0.1, 0.15) is 5.56 Å². The normalized spacial score (nSPS) is 10.3. The summed E-state index contributed by atoms with van der Waals surface area (Å²) in [5.74, 6) is -0.875. The van der Waals surface area contributed by atoms with Gasteiger partial charge in [-0.1, -0.05) is 12.1 Å². The van der Waals surface area contributed by atoms with E-state index in [4.69, 9.17) is 10.5 Å². The van der Waals surface area contributed by atoms with Gasteiger partial charge in [-0.2, -0.15) is 0 Å². The molecule has 0 aliphatic carbocycles. The molecule has 4 heteroatoms. The van der Waals surface area contributed by atoms with Gasteiger partial charge in [-0.15, -0.1) is 0 Å². The Kier molecular flexibility index (Phi) is 2.95. The maximum Gasteiger partial charge on any atom is 0.153 e. The average Bonchev–Trinajstić information content (AvgIpc) is 2.22. The summed E-state index contributed by atoms with van der Waals surface area (Å²) in [7, 11) is 0. The minimum Gasteiger partial charge on any atom is -0.455 e. The van der Waals surface area contributed by atoms with Crippen LogP contribution in [-0.2, 0) is 0 Å². The maximum absolute atomic E-state index is 13.0. The van der Waals surface area contributed by atoms with E-state index in [2.05, 4.69) is 0 Å². The number of anilines is 1. The van der Waals surface area contributed by atoms with E-state index >= 15 is 0 Å². The second-order valence-corrected chi connectivity index (χ2v) is 3.70. The Balaban J connectivity index is 2.38. The van der Waals surface area contributed by atoms with E-state index in [-0.39, 0.29) is 5.75 Å². The molecule has 0 saturated heterocycles. The number of rotatable bonds is 2. The van der Waals surface area contributed by atoms with E-state index in [1.807, 2.05) is 0 Å². The quantitative estimate of drug-likeness (QED) is 0.806. The van der Waals surface area contributed by atoms with Crippen molar-refractivity contribution in [3.8, 4) is 11.5 Å². The van der Waals surface area contributed by atoms with Gasteiger partial charge in [-0.05, 0) is 18.6 Å². The summed E-state index contributed by atoms with van der Waals surface area (Å²) in [5.41, 5.74) is 6.96. The molecule has 2 N–H and O–H groups in total. The number of para-hydroxylation sites is 1. The van der Waals surface area contributed by atoms with Crippen molar-refractivity contribution in [1.29, 1.82) is 0 Å². The third kappa shape index (κ3) is 2.53. The molecule has 88 valence electrons. The lowest BCUT2D eigenvalue weighted by Gasteiger charge is -2.11. The lowest BCUT2D eigenvalue weighted by molar-refractivity contribution is 0.467. The molecule has 0 saturated carbocycles. The minimum atomic E-state index is -0.688. The van der Waals surface area contributed by atoms with Crippen LogP contribution >= 0.6 is 0 Å². The number of hydrogen-bond donors (Lipinski definition) is 1. The fraction of sp³-hybridized carbons (Fsp3) is 0.0769. The van der Waals surface area contributed by atoms with E-state index in [0.717, 1.165) is 23.8 Å². The number of nitrogens with two attached hydrogens (primary N) is 1. The van der Waals surface area contributed by atoms with Crippen LogP contribution in [0.5, 0.6) is 11.5 Å². The van der Waals surface area contributed by atoms with E-state index in [1.165, 1.54) is 0 Å². The number of nitrogen functional groups attached to an aromatic ring is 1. The van der Waals surface area contributed by atoms with Crippen molar-refractivity contribution < 1.29 is 13.5 Å². The molecule has 0 aliphatic rings. The minimum absolute atomic E-state index is 0.0866. The summed E-state index contributed by atoms with van der Waals surface area (Å²) >= 11 is 0. The van der Waals surface area contributed by atoms with Crippen LogP contribution < -0.4 is 10.5 Å².